The third-order valence-electron chi connectivity index (χ3n) is 8.58. The zero-order valence-corrected chi connectivity index (χ0v) is 25.9. The summed E-state index contributed by atoms with van der Waals surface area (Å²) < 4.78 is 84.7. The van der Waals surface area contributed by atoms with Crippen molar-refractivity contribution in [3.63, 3.8) is 0 Å². The number of hydrogen-bond acceptors (Lipinski definition) is 6. The van der Waals surface area contributed by atoms with E-state index in [9.17, 15) is 27.6 Å². The maximum Gasteiger partial charge on any atom is 0.407 e. The van der Waals surface area contributed by atoms with Gasteiger partial charge in [-0.1, -0.05) is 13.8 Å². The van der Waals surface area contributed by atoms with Crippen LogP contribution in [0.3, 0.4) is 0 Å². The summed E-state index contributed by atoms with van der Waals surface area (Å²) >= 11 is 0. The summed E-state index contributed by atoms with van der Waals surface area (Å²) in [6.07, 6.45) is -1.65. The van der Waals surface area contributed by atoms with Crippen LogP contribution in [0.2, 0.25) is 0 Å². The Morgan fingerprint density at radius 2 is 1.65 bits per heavy atom. The number of carbonyl (C=O) groups is 3. The number of nitrogens with zero attached hydrogens (tertiary/aromatic N) is 2. The molecule has 4 aromatic rings. The lowest BCUT2D eigenvalue weighted by Crippen LogP contribution is -2.54. The molecule has 3 aromatic carbocycles. The van der Waals surface area contributed by atoms with Gasteiger partial charge in [-0.05, 0) is 55.2 Å². The summed E-state index contributed by atoms with van der Waals surface area (Å²) in [4.78, 5) is 40.2. The van der Waals surface area contributed by atoms with Gasteiger partial charge in [-0.2, -0.15) is 0 Å². The Morgan fingerprint density at radius 1 is 0.958 bits per heavy atom. The fraction of sp³-hybridized carbons (Fsp3) is 0.303. The van der Waals surface area contributed by atoms with Crippen LogP contribution >= 0.6 is 0 Å². The number of ether oxygens (including phenoxy) is 2. The molecule has 1 fully saturated rings. The molecule has 10 nitrogen and oxygen atoms in total. The summed E-state index contributed by atoms with van der Waals surface area (Å²) in [5, 5.41) is 5.77. The van der Waals surface area contributed by atoms with E-state index in [2.05, 4.69) is 15.4 Å². The van der Waals surface area contributed by atoms with Crippen molar-refractivity contribution >= 4 is 40.2 Å². The zero-order valence-electron chi connectivity index (χ0n) is 25.9. The molecule has 0 saturated carbocycles. The lowest BCUT2D eigenvalue weighted by Gasteiger charge is -2.31. The standard InChI is InChI=1S/C33H30F5N5O5/c1-14(2)29(41-33(46)47-3)31(45)42-10-4-5-20(42)30(44)40-17-7-9-19-15(11-17)12-21-18-8-6-16(39)13-22(18)48-32(43(19)21)23-24(34)26(36)28(38)27(37)25(23)35/h6-9,11-14,20,29,32H,4-5,10,39H2,1-3H3,(H,40,44)(H,41,46). The first kappa shape index (κ1) is 32.6. The van der Waals surface area contributed by atoms with E-state index in [4.69, 9.17) is 10.5 Å². The Kier molecular flexibility index (Phi) is 8.39. The highest BCUT2D eigenvalue weighted by molar-refractivity contribution is 6.00. The number of halogens is 5. The van der Waals surface area contributed by atoms with Gasteiger partial charge in [0.1, 0.15) is 17.8 Å². The minimum atomic E-state index is -2.30. The highest BCUT2D eigenvalue weighted by Gasteiger charge is 2.40. The van der Waals surface area contributed by atoms with E-state index in [0.29, 0.717) is 47.2 Å². The van der Waals surface area contributed by atoms with E-state index in [-0.39, 0.29) is 17.4 Å². The van der Waals surface area contributed by atoms with Crippen molar-refractivity contribution in [3.05, 3.63) is 77.1 Å². The summed E-state index contributed by atoms with van der Waals surface area (Å²) in [6, 6.07) is 8.98. The number of hydrogen-bond donors (Lipinski definition) is 3. The molecule has 0 spiro atoms. The molecule has 6 rings (SSSR count). The van der Waals surface area contributed by atoms with Crippen molar-refractivity contribution in [1.82, 2.24) is 14.8 Å². The number of anilines is 2. The number of nitrogens with one attached hydrogen (secondary N) is 2. The Labute approximate surface area is 270 Å². The predicted molar refractivity (Wildman–Crippen MR) is 164 cm³/mol. The van der Waals surface area contributed by atoms with Crippen molar-refractivity contribution in [2.24, 2.45) is 5.92 Å². The molecule has 0 bridgehead atoms. The second-order valence-corrected chi connectivity index (χ2v) is 11.9. The Bertz CT molecular complexity index is 1950. The normalized spacial score (nSPS) is 17.5. The number of fused-ring (bicyclic) bond motifs is 5. The van der Waals surface area contributed by atoms with Gasteiger partial charge >= 0.3 is 6.09 Å². The van der Waals surface area contributed by atoms with Gasteiger partial charge in [0.2, 0.25) is 23.9 Å². The lowest BCUT2D eigenvalue weighted by molar-refractivity contribution is -0.139. The molecule has 0 radical (unpaired) electrons. The van der Waals surface area contributed by atoms with Crippen LogP contribution < -0.4 is 21.1 Å². The molecule has 2 aliphatic heterocycles. The van der Waals surface area contributed by atoms with Crippen LogP contribution in [-0.2, 0) is 14.3 Å². The van der Waals surface area contributed by atoms with Gasteiger partial charge in [-0.3, -0.25) is 9.59 Å². The summed E-state index contributed by atoms with van der Waals surface area (Å²) in [6.45, 7) is 3.81. The molecule has 1 aromatic heterocycles. The maximum atomic E-state index is 15.1. The highest BCUT2D eigenvalue weighted by Crippen LogP contribution is 2.46. The SMILES string of the molecule is COC(=O)NC(C(=O)N1CCCC1C(=O)Nc1ccc2c(c1)cc1n2C(c2c(F)c(F)c(F)c(F)c2F)Oc2cc(N)ccc2-1)C(C)C. The van der Waals surface area contributed by atoms with Crippen molar-refractivity contribution in [3.8, 4) is 17.0 Å². The van der Waals surface area contributed by atoms with Gasteiger partial charge in [0.25, 0.3) is 0 Å². The number of nitrogens with two attached hydrogens (primary N) is 1. The molecule has 15 heteroatoms. The average molecular weight is 672 g/mol. The predicted octanol–water partition coefficient (Wildman–Crippen LogP) is 5.84. The first-order chi connectivity index (χ1) is 22.8. The number of amides is 3. The minimum absolute atomic E-state index is 0.0557. The molecule has 2 aliphatic rings. The van der Waals surface area contributed by atoms with Crippen LogP contribution in [-0.4, -0.2) is 53.1 Å². The monoisotopic (exact) mass is 671 g/mol. The van der Waals surface area contributed by atoms with Crippen molar-refractivity contribution in [1.29, 1.82) is 0 Å². The van der Waals surface area contributed by atoms with Gasteiger partial charge in [0, 0.05) is 34.9 Å². The maximum absolute atomic E-state index is 15.1. The molecule has 3 unspecified atom stereocenters. The Hall–Kier alpha value is -5.34. The lowest BCUT2D eigenvalue weighted by atomic mass is 10.0. The fourth-order valence-corrected chi connectivity index (χ4v) is 6.23. The van der Waals surface area contributed by atoms with Crippen LogP contribution in [0.5, 0.6) is 5.75 Å². The van der Waals surface area contributed by atoms with Crippen LogP contribution in [0.15, 0.2) is 42.5 Å². The molecule has 1 saturated heterocycles. The van der Waals surface area contributed by atoms with Crippen LogP contribution in [0.25, 0.3) is 22.2 Å². The van der Waals surface area contributed by atoms with E-state index < -0.39 is 70.9 Å². The first-order valence-corrected chi connectivity index (χ1v) is 15.0. The van der Waals surface area contributed by atoms with Crippen molar-refractivity contribution in [2.45, 2.75) is 45.0 Å². The Balaban J connectivity index is 1.36. The largest absolute Gasteiger partial charge is 0.465 e. The first-order valence-electron chi connectivity index (χ1n) is 15.0. The summed E-state index contributed by atoms with van der Waals surface area (Å²) in [5.74, 6) is -11.8. The number of benzene rings is 3. The van der Waals surface area contributed by atoms with Gasteiger partial charge in [-0.25, -0.2) is 26.7 Å². The molecule has 0 aliphatic carbocycles. The second-order valence-electron chi connectivity index (χ2n) is 11.9. The third-order valence-corrected chi connectivity index (χ3v) is 8.58. The molecule has 3 amide bonds. The summed E-state index contributed by atoms with van der Waals surface area (Å²) in [7, 11) is 1.18. The number of likely N-dealkylation sites (tertiary alicyclic amines) is 1. The highest BCUT2D eigenvalue weighted by atomic mass is 19.2. The van der Waals surface area contributed by atoms with Crippen LogP contribution in [0, 0.1) is 35.0 Å². The van der Waals surface area contributed by atoms with E-state index in [0.717, 1.165) is 0 Å². The zero-order chi connectivity index (χ0) is 34.6. The molecular formula is C33H30F5N5O5. The molecule has 3 heterocycles. The van der Waals surface area contributed by atoms with Gasteiger partial charge in [0.15, 0.2) is 23.3 Å². The summed E-state index contributed by atoms with van der Waals surface area (Å²) in [5.41, 5.74) is 6.32. The quantitative estimate of drug-likeness (QED) is 0.102. The Morgan fingerprint density at radius 3 is 2.31 bits per heavy atom. The smallest absolute Gasteiger partial charge is 0.407 e. The molecule has 252 valence electrons. The van der Waals surface area contributed by atoms with Gasteiger partial charge in [-0.15, -0.1) is 0 Å². The average Bonchev–Trinajstić information content (AvgIpc) is 3.70. The second kappa shape index (κ2) is 12.4. The topological polar surface area (TPSA) is 128 Å². The van der Waals surface area contributed by atoms with Crippen LogP contribution in [0.1, 0.15) is 38.5 Å². The van der Waals surface area contributed by atoms with Gasteiger partial charge < -0.3 is 35.3 Å². The molecular weight excluding hydrogens is 641 g/mol. The number of aromatic nitrogens is 1. The molecule has 48 heavy (non-hydrogen) atoms. The number of carbonyl (C=O) groups excluding carboxylic acids is 3. The van der Waals surface area contributed by atoms with E-state index >= 15 is 8.78 Å². The van der Waals surface area contributed by atoms with E-state index in [1.807, 2.05) is 0 Å². The number of methoxy groups -OCH3 is 1. The van der Waals surface area contributed by atoms with Crippen LogP contribution in [0.4, 0.5) is 38.1 Å². The third kappa shape index (κ3) is 5.42. The van der Waals surface area contributed by atoms with Crippen molar-refractivity contribution < 1.29 is 45.8 Å². The van der Waals surface area contributed by atoms with Gasteiger partial charge in [0.05, 0.1) is 23.9 Å². The number of nitrogen functional groups attached to an aromatic ring is 1. The fourth-order valence-electron chi connectivity index (χ4n) is 6.23. The minimum Gasteiger partial charge on any atom is -0.465 e. The van der Waals surface area contributed by atoms with Crippen molar-refractivity contribution in [2.75, 3.05) is 24.7 Å². The molecule has 3 atom stereocenters. The van der Waals surface area contributed by atoms with E-state index in [1.54, 1.807) is 38.1 Å². The number of rotatable bonds is 6. The number of alkyl carbamates (subject to hydrolysis) is 1. The van der Waals surface area contributed by atoms with E-state index in [1.165, 1.54) is 34.8 Å². The molecule has 4 N–H and O–H groups in total.